The molecule has 7 rings (SSSR count). The van der Waals surface area contributed by atoms with E-state index < -0.39 is 0 Å². The minimum atomic E-state index is 0.195. The molecule has 4 aliphatic carbocycles. The van der Waals surface area contributed by atoms with Gasteiger partial charge in [-0.1, -0.05) is 18.2 Å². The fourth-order valence-electron chi connectivity index (χ4n) is 6.76. The number of hydrogen-bond acceptors (Lipinski definition) is 4. The molecule has 5 nitrogen and oxygen atoms in total. The molecule has 29 heavy (non-hydrogen) atoms. The Bertz CT molecular complexity index is 1050. The van der Waals surface area contributed by atoms with Crippen LogP contribution in [0.4, 0.5) is 0 Å². The monoisotopic (exact) mass is 385 g/mol. The molecule has 0 spiro atoms. The Balaban J connectivity index is 1.38. The molecule has 4 fully saturated rings. The van der Waals surface area contributed by atoms with Crippen molar-refractivity contribution >= 4 is 0 Å². The molecule has 4 saturated carbocycles. The van der Waals surface area contributed by atoms with Crippen LogP contribution in [0.3, 0.4) is 0 Å². The maximum atomic E-state index is 5.05. The molecule has 5 heteroatoms. The van der Waals surface area contributed by atoms with Gasteiger partial charge in [-0.2, -0.15) is 0 Å². The Kier molecular flexibility index (Phi) is 3.71. The molecule has 1 aromatic carbocycles. The largest absolute Gasteiger partial charge is 0.334 e. The molecule has 148 valence electrons. The minimum absolute atomic E-state index is 0.195. The highest BCUT2D eigenvalue weighted by Crippen LogP contribution is 2.60. The first-order chi connectivity index (χ1) is 14.1. The summed E-state index contributed by atoms with van der Waals surface area (Å²) < 4.78 is 2.07. The Hall–Kier alpha value is -2.56. The quantitative estimate of drug-likeness (QED) is 0.655. The van der Waals surface area contributed by atoms with Crippen LogP contribution in [0, 0.1) is 24.7 Å². The summed E-state index contributed by atoms with van der Waals surface area (Å²) >= 11 is 0. The van der Waals surface area contributed by atoms with Gasteiger partial charge in [-0.3, -0.25) is 0 Å². The second kappa shape index (κ2) is 6.22. The highest BCUT2D eigenvalue weighted by Gasteiger charge is 2.53. The van der Waals surface area contributed by atoms with Crippen LogP contribution in [-0.2, 0) is 12.5 Å². The molecule has 2 aromatic heterocycles. The Morgan fingerprint density at radius 1 is 0.931 bits per heavy atom. The van der Waals surface area contributed by atoms with Gasteiger partial charge in [0.2, 0.25) is 0 Å². The van der Waals surface area contributed by atoms with Crippen molar-refractivity contribution in [3.8, 4) is 22.8 Å². The van der Waals surface area contributed by atoms with Crippen LogP contribution in [0.5, 0.6) is 0 Å². The zero-order valence-corrected chi connectivity index (χ0v) is 17.2. The minimum Gasteiger partial charge on any atom is -0.334 e. The summed E-state index contributed by atoms with van der Waals surface area (Å²) in [7, 11) is 2.04. The molecular formula is C24H27N5. The SMILES string of the molecule is Cc1cn(C)c(-c2cccc(-c3ncnc(C45CC6CC(CC(C6)C4)C5)n3)c2)n1. The molecule has 4 aliphatic rings. The molecule has 0 aliphatic heterocycles. The van der Waals surface area contributed by atoms with Gasteiger partial charge < -0.3 is 4.57 Å². The summed E-state index contributed by atoms with van der Waals surface area (Å²) in [6.07, 6.45) is 11.9. The number of aromatic nitrogens is 5. The summed E-state index contributed by atoms with van der Waals surface area (Å²) in [5, 5.41) is 0. The predicted molar refractivity (Wildman–Crippen MR) is 112 cm³/mol. The van der Waals surface area contributed by atoms with Crippen molar-refractivity contribution in [2.45, 2.75) is 50.9 Å². The number of rotatable bonds is 3. The zero-order valence-electron chi connectivity index (χ0n) is 17.2. The fraction of sp³-hybridized carbons (Fsp3) is 0.500. The van der Waals surface area contributed by atoms with E-state index in [1.165, 1.54) is 38.5 Å². The lowest BCUT2D eigenvalue weighted by Crippen LogP contribution is -2.49. The molecule has 0 saturated heterocycles. The van der Waals surface area contributed by atoms with Gasteiger partial charge in [0.05, 0.1) is 5.69 Å². The van der Waals surface area contributed by atoms with E-state index in [9.17, 15) is 0 Å². The maximum absolute atomic E-state index is 5.05. The van der Waals surface area contributed by atoms with Crippen LogP contribution >= 0.6 is 0 Å². The summed E-state index contributed by atoms with van der Waals surface area (Å²) in [6, 6.07) is 8.42. The topological polar surface area (TPSA) is 56.5 Å². The van der Waals surface area contributed by atoms with Crippen LogP contribution in [0.15, 0.2) is 36.8 Å². The van der Waals surface area contributed by atoms with E-state index in [-0.39, 0.29) is 5.41 Å². The first-order valence-corrected chi connectivity index (χ1v) is 10.9. The maximum Gasteiger partial charge on any atom is 0.163 e. The number of aryl methyl sites for hydroxylation is 2. The van der Waals surface area contributed by atoms with Crippen molar-refractivity contribution in [2.75, 3.05) is 0 Å². The molecule has 0 amide bonds. The van der Waals surface area contributed by atoms with Gasteiger partial charge in [0.15, 0.2) is 5.82 Å². The molecule has 0 unspecified atom stereocenters. The molecule has 4 bridgehead atoms. The highest BCUT2D eigenvalue weighted by molar-refractivity contribution is 5.66. The van der Waals surface area contributed by atoms with Gasteiger partial charge in [-0.05, 0) is 69.3 Å². The normalized spacial score (nSPS) is 30.1. The Morgan fingerprint density at radius 2 is 1.62 bits per heavy atom. The van der Waals surface area contributed by atoms with Crippen molar-refractivity contribution < 1.29 is 0 Å². The van der Waals surface area contributed by atoms with E-state index in [2.05, 4.69) is 45.0 Å². The molecule has 0 N–H and O–H groups in total. The number of imidazole rings is 1. The van der Waals surface area contributed by atoms with Crippen LogP contribution in [-0.4, -0.2) is 24.5 Å². The van der Waals surface area contributed by atoms with Crippen molar-refractivity contribution in [1.29, 1.82) is 0 Å². The van der Waals surface area contributed by atoms with Crippen LogP contribution in [0.1, 0.15) is 50.0 Å². The standard InChI is InChI=1S/C24H27N5/c1-15-13-29(2)22(27-15)20-5-3-4-19(9-20)21-25-14-26-23(28-21)24-10-16-6-17(11-24)8-18(7-16)12-24/h3-5,9,13-14,16-18H,6-8,10-12H2,1-2H3. The fourth-order valence-corrected chi connectivity index (χ4v) is 6.76. The molecule has 0 atom stereocenters. The van der Waals surface area contributed by atoms with Gasteiger partial charge in [0, 0.05) is 29.8 Å². The predicted octanol–water partition coefficient (Wildman–Crippen LogP) is 4.72. The second-order valence-electron chi connectivity index (χ2n) is 9.73. The third kappa shape index (κ3) is 2.82. The Morgan fingerprint density at radius 3 is 2.28 bits per heavy atom. The molecule has 2 heterocycles. The summed E-state index contributed by atoms with van der Waals surface area (Å²) in [5.41, 5.74) is 3.35. The van der Waals surface area contributed by atoms with Crippen molar-refractivity contribution in [3.05, 3.63) is 48.3 Å². The lowest BCUT2D eigenvalue weighted by Gasteiger charge is -2.55. The third-order valence-electron chi connectivity index (χ3n) is 7.46. The van der Waals surface area contributed by atoms with Crippen molar-refractivity contribution in [2.24, 2.45) is 24.8 Å². The van der Waals surface area contributed by atoms with Crippen molar-refractivity contribution in [3.63, 3.8) is 0 Å². The van der Waals surface area contributed by atoms with E-state index in [1.54, 1.807) is 6.33 Å². The first-order valence-electron chi connectivity index (χ1n) is 10.9. The van der Waals surface area contributed by atoms with Crippen molar-refractivity contribution in [1.82, 2.24) is 24.5 Å². The zero-order chi connectivity index (χ0) is 19.6. The highest BCUT2D eigenvalue weighted by atomic mass is 15.0. The third-order valence-corrected chi connectivity index (χ3v) is 7.46. The van der Waals surface area contributed by atoms with E-state index in [4.69, 9.17) is 9.97 Å². The second-order valence-corrected chi connectivity index (χ2v) is 9.73. The average molecular weight is 386 g/mol. The van der Waals surface area contributed by atoms with E-state index in [1.807, 2.05) is 14.0 Å². The smallest absolute Gasteiger partial charge is 0.163 e. The lowest BCUT2D eigenvalue weighted by atomic mass is 9.49. The van der Waals surface area contributed by atoms with Gasteiger partial charge in [-0.25, -0.2) is 19.9 Å². The van der Waals surface area contributed by atoms with Gasteiger partial charge in [-0.15, -0.1) is 0 Å². The first kappa shape index (κ1) is 17.3. The molecule has 3 aromatic rings. The number of hydrogen-bond donors (Lipinski definition) is 0. The van der Waals surface area contributed by atoms with Crippen LogP contribution in [0.2, 0.25) is 0 Å². The Labute approximate surface area is 171 Å². The van der Waals surface area contributed by atoms with E-state index in [0.29, 0.717) is 0 Å². The van der Waals surface area contributed by atoms with Gasteiger partial charge in [0.1, 0.15) is 18.0 Å². The van der Waals surface area contributed by atoms with E-state index >= 15 is 0 Å². The number of nitrogens with zero attached hydrogens (tertiary/aromatic N) is 5. The van der Waals surface area contributed by atoms with Gasteiger partial charge in [0.25, 0.3) is 0 Å². The molecular weight excluding hydrogens is 358 g/mol. The van der Waals surface area contributed by atoms with E-state index in [0.717, 1.165) is 52.0 Å². The van der Waals surface area contributed by atoms with Gasteiger partial charge >= 0.3 is 0 Å². The van der Waals surface area contributed by atoms with Crippen LogP contribution in [0.25, 0.3) is 22.8 Å². The number of benzene rings is 1. The molecule has 0 radical (unpaired) electrons. The lowest BCUT2D eigenvalue weighted by molar-refractivity contribution is -0.00944. The van der Waals surface area contributed by atoms with Crippen LogP contribution < -0.4 is 0 Å². The summed E-state index contributed by atoms with van der Waals surface area (Å²) in [5.74, 6) is 5.46. The summed E-state index contributed by atoms with van der Waals surface area (Å²) in [4.78, 5) is 19.0. The average Bonchev–Trinajstić information content (AvgIpc) is 3.05. The summed E-state index contributed by atoms with van der Waals surface area (Å²) in [6.45, 7) is 2.02.